The van der Waals surface area contributed by atoms with Gasteiger partial charge >= 0.3 is 0 Å². The van der Waals surface area contributed by atoms with Gasteiger partial charge in [-0.25, -0.2) is 9.37 Å². The normalized spacial score (nSPS) is 17.5. The average molecular weight is 318 g/mol. The Morgan fingerprint density at radius 3 is 3.05 bits per heavy atom. The van der Waals surface area contributed by atoms with E-state index in [1.807, 2.05) is 4.90 Å². The van der Waals surface area contributed by atoms with E-state index >= 15 is 0 Å². The molecular formula is C16H15FN2O2S. The maximum atomic E-state index is 13.1. The van der Waals surface area contributed by atoms with Gasteiger partial charge in [-0.3, -0.25) is 4.79 Å². The van der Waals surface area contributed by atoms with Gasteiger partial charge in [0.1, 0.15) is 28.1 Å². The van der Waals surface area contributed by atoms with Crippen molar-refractivity contribution in [2.75, 3.05) is 6.54 Å². The van der Waals surface area contributed by atoms with Gasteiger partial charge in [0.25, 0.3) is 5.91 Å². The van der Waals surface area contributed by atoms with Crippen LogP contribution >= 0.6 is 11.3 Å². The summed E-state index contributed by atoms with van der Waals surface area (Å²) in [5.74, 6) is 0.253. The second-order valence-corrected chi connectivity index (χ2v) is 6.69. The lowest BCUT2D eigenvalue weighted by atomic mass is 10.1. The molecule has 2 aromatic rings. The highest BCUT2D eigenvalue weighted by Crippen LogP contribution is 2.33. The third-order valence-corrected chi connectivity index (χ3v) is 4.99. The van der Waals surface area contributed by atoms with Gasteiger partial charge in [0.2, 0.25) is 0 Å². The zero-order valence-electron chi connectivity index (χ0n) is 11.9. The Morgan fingerprint density at radius 2 is 2.27 bits per heavy atom. The van der Waals surface area contributed by atoms with Crippen LogP contribution in [0.15, 0.2) is 24.3 Å². The Hall–Kier alpha value is -1.95. The van der Waals surface area contributed by atoms with E-state index < -0.39 is 0 Å². The van der Waals surface area contributed by atoms with E-state index in [-0.39, 0.29) is 18.3 Å². The summed E-state index contributed by atoms with van der Waals surface area (Å²) in [4.78, 5) is 19.7. The minimum absolute atomic E-state index is 0.109. The van der Waals surface area contributed by atoms with Crippen LogP contribution in [0.3, 0.4) is 0 Å². The second kappa shape index (κ2) is 5.35. The first-order valence-corrected chi connectivity index (χ1v) is 8.20. The Kier molecular flexibility index (Phi) is 3.33. The highest BCUT2D eigenvalue weighted by atomic mass is 32.1. The predicted octanol–water partition coefficient (Wildman–Crippen LogP) is 3.02. The highest BCUT2D eigenvalue weighted by Gasteiger charge is 2.37. The van der Waals surface area contributed by atoms with Crippen LogP contribution in [-0.4, -0.2) is 28.4 Å². The maximum absolute atomic E-state index is 13.1. The van der Waals surface area contributed by atoms with Crippen LogP contribution < -0.4 is 4.74 Å². The van der Waals surface area contributed by atoms with Crippen molar-refractivity contribution in [2.24, 2.45) is 0 Å². The van der Waals surface area contributed by atoms with E-state index in [0.29, 0.717) is 11.8 Å². The Bertz CT molecular complexity index is 727. The fraction of sp³-hybridized carbons (Fsp3) is 0.375. The molecule has 1 aliphatic heterocycles. The van der Waals surface area contributed by atoms with Crippen LogP contribution in [0.5, 0.6) is 5.75 Å². The van der Waals surface area contributed by atoms with Crippen molar-refractivity contribution in [3.8, 4) is 5.75 Å². The topological polar surface area (TPSA) is 42.4 Å². The number of thiazole rings is 1. The molecule has 6 heteroatoms. The number of hydrogen-bond acceptors (Lipinski definition) is 4. The molecule has 4 rings (SSSR count). The zero-order chi connectivity index (χ0) is 15.1. The minimum atomic E-state index is -0.328. The van der Waals surface area contributed by atoms with Crippen LogP contribution in [0.2, 0.25) is 0 Å². The molecule has 0 atom stereocenters. The number of carbonyl (C=O) groups is 1. The van der Waals surface area contributed by atoms with Gasteiger partial charge in [0.05, 0.1) is 5.69 Å². The lowest BCUT2D eigenvalue weighted by Gasteiger charge is -2.25. The molecule has 1 saturated carbocycles. The molecule has 0 N–H and O–H groups in total. The molecule has 0 bridgehead atoms. The number of ether oxygens (including phenoxy) is 1. The largest absolute Gasteiger partial charge is 0.486 e. The van der Waals surface area contributed by atoms with Crippen molar-refractivity contribution < 1.29 is 13.9 Å². The standard InChI is InChI=1S/C16H15FN2O2S/c17-10-2-1-3-12(8-10)21-9-14-18-13-6-7-19(11-4-5-11)16(20)15(13)22-14/h1-3,8,11H,4-7,9H2. The van der Waals surface area contributed by atoms with Crippen LogP contribution in [0.1, 0.15) is 33.2 Å². The van der Waals surface area contributed by atoms with Crippen LogP contribution in [-0.2, 0) is 13.0 Å². The molecule has 1 aromatic heterocycles. The van der Waals surface area contributed by atoms with Gasteiger partial charge in [-0.15, -0.1) is 11.3 Å². The third kappa shape index (κ3) is 2.59. The molecule has 0 unspecified atom stereocenters. The number of benzene rings is 1. The first kappa shape index (κ1) is 13.7. The van der Waals surface area contributed by atoms with Crippen molar-refractivity contribution >= 4 is 17.2 Å². The van der Waals surface area contributed by atoms with Gasteiger partial charge in [0.15, 0.2) is 0 Å². The number of rotatable bonds is 4. The summed E-state index contributed by atoms with van der Waals surface area (Å²) in [6.45, 7) is 1.03. The first-order chi connectivity index (χ1) is 10.7. The zero-order valence-corrected chi connectivity index (χ0v) is 12.7. The highest BCUT2D eigenvalue weighted by molar-refractivity contribution is 7.13. The van der Waals surface area contributed by atoms with Crippen molar-refractivity contribution in [1.82, 2.24) is 9.88 Å². The molecule has 1 fully saturated rings. The fourth-order valence-corrected chi connectivity index (χ4v) is 3.67. The number of aromatic nitrogens is 1. The second-order valence-electron chi connectivity index (χ2n) is 5.61. The van der Waals surface area contributed by atoms with E-state index in [1.54, 1.807) is 12.1 Å². The Labute approximate surface area is 131 Å². The number of fused-ring (bicyclic) bond motifs is 1. The monoisotopic (exact) mass is 318 g/mol. The molecule has 2 aliphatic rings. The number of carbonyl (C=O) groups excluding carboxylic acids is 1. The summed E-state index contributed by atoms with van der Waals surface area (Å²) in [5, 5.41) is 0.764. The Morgan fingerprint density at radius 1 is 1.41 bits per heavy atom. The molecule has 2 heterocycles. The van der Waals surface area contributed by atoms with Crippen LogP contribution in [0, 0.1) is 5.82 Å². The maximum Gasteiger partial charge on any atom is 0.266 e. The number of hydrogen-bond donors (Lipinski definition) is 0. The summed E-state index contributed by atoms with van der Waals surface area (Å²) >= 11 is 1.39. The van der Waals surface area contributed by atoms with E-state index in [2.05, 4.69) is 4.98 Å². The van der Waals surface area contributed by atoms with Crippen molar-refractivity contribution in [3.05, 3.63) is 45.7 Å². The quantitative estimate of drug-likeness (QED) is 0.870. The summed E-state index contributed by atoms with van der Waals surface area (Å²) in [6, 6.07) is 6.47. The van der Waals surface area contributed by atoms with E-state index in [9.17, 15) is 9.18 Å². The van der Waals surface area contributed by atoms with Crippen molar-refractivity contribution in [3.63, 3.8) is 0 Å². The predicted molar refractivity (Wildman–Crippen MR) is 80.6 cm³/mol. The molecule has 22 heavy (non-hydrogen) atoms. The summed E-state index contributed by atoms with van der Waals surface area (Å²) < 4.78 is 18.7. The molecule has 1 aliphatic carbocycles. The van der Waals surface area contributed by atoms with Gasteiger partial charge in [0, 0.05) is 25.1 Å². The van der Waals surface area contributed by atoms with Crippen LogP contribution in [0.25, 0.3) is 0 Å². The smallest absolute Gasteiger partial charge is 0.266 e. The summed E-state index contributed by atoms with van der Waals surface area (Å²) in [5.41, 5.74) is 0.879. The number of halogens is 1. The molecule has 0 saturated heterocycles. The number of amides is 1. The molecule has 114 valence electrons. The Balaban J connectivity index is 1.48. The number of nitrogens with zero attached hydrogens (tertiary/aromatic N) is 2. The summed E-state index contributed by atoms with van der Waals surface area (Å²) in [6.07, 6.45) is 3.05. The molecule has 1 amide bonds. The SMILES string of the molecule is O=C1c2sc(COc3cccc(F)c3)nc2CCN1C1CC1. The van der Waals surface area contributed by atoms with E-state index in [0.717, 1.165) is 41.4 Å². The van der Waals surface area contributed by atoms with Crippen molar-refractivity contribution in [1.29, 1.82) is 0 Å². The van der Waals surface area contributed by atoms with E-state index in [1.165, 1.54) is 23.5 Å². The van der Waals surface area contributed by atoms with Gasteiger partial charge in [-0.1, -0.05) is 6.07 Å². The fourth-order valence-electron chi connectivity index (χ4n) is 2.69. The molecule has 1 aromatic carbocycles. The van der Waals surface area contributed by atoms with Gasteiger partial charge in [-0.05, 0) is 25.0 Å². The van der Waals surface area contributed by atoms with Crippen LogP contribution in [0.4, 0.5) is 4.39 Å². The average Bonchev–Trinajstić information content (AvgIpc) is 3.25. The third-order valence-electron chi connectivity index (χ3n) is 3.93. The lowest BCUT2D eigenvalue weighted by Crippen LogP contribution is -2.38. The molecule has 0 radical (unpaired) electrons. The molecule has 4 nitrogen and oxygen atoms in total. The minimum Gasteiger partial charge on any atom is -0.486 e. The van der Waals surface area contributed by atoms with Gasteiger partial charge < -0.3 is 9.64 Å². The lowest BCUT2D eigenvalue weighted by molar-refractivity contribution is 0.0731. The molecule has 0 spiro atoms. The first-order valence-electron chi connectivity index (χ1n) is 7.38. The summed E-state index contributed by atoms with van der Waals surface area (Å²) in [7, 11) is 0. The van der Waals surface area contributed by atoms with E-state index in [4.69, 9.17) is 4.74 Å². The van der Waals surface area contributed by atoms with Gasteiger partial charge in [-0.2, -0.15) is 0 Å². The van der Waals surface area contributed by atoms with Crippen molar-refractivity contribution in [2.45, 2.75) is 31.9 Å². The molecular weight excluding hydrogens is 303 g/mol.